The Bertz CT molecular complexity index is 175. The number of aliphatic hydroxyl groups is 1. The van der Waals surface area contributed by atoms with Crippen LogP contribution in [0.2, 0.25) is 0 Å². The van der Waals surface area contributed by atoms with E-state index in [0.717, 1.165) is 6.54 Å². The van der Waals surface area contributed by atoms with E-state index in [1.54, 1.807) is 0 Å². The van der Waals surface area contributed by atoms with Gasteiger partial charge in [-0.25, -0.2) is 0 Å². The van der Waals surface area contributed by atoms with Crippen LogP contribution in [-0.4, -0.2) is 23.8 Å². The predicted octanol–water partition coefficient (Wildman–Crippen LogP) is 2.42. The average Bonchev–Trinajstić information content (AvgIpc) is 1.99. The normalized spacial score (nSPS) is 21.8. The molecule has 0 heterocycles. The fourth-order valence-electron chi connectivity index (χ4n) is 2.25. The predicted molar refractivity (Wildman–Crippen MR) is 64.8 cm³/mol. The molecule has 1 fully saturated rings. The van der Waals surface area contributed by atoms with Gasteiger partial charge in [0.15, 0.2) is 0 Å². The second-order valence-corrected chi connectivity index (χ2v) is 5.65. The van der Waals surface area contributed by atoms with Gasteiger partial charge in [0.05, 0.1) is 6.10 Å². The summed E-state index contributed by atoms with van der Waals surface area (Å²) in [5.41, 5.74) is 0. The van der Waals surface area contributed by atoms with E-state index >= 15 is 0 Å². The largest absolute Gasteiger partial charge is 0.392 e. The molecule has 0 aromatic carbocycles. The molecule has 0 saturated heterocycles. The van der Waals surface area contributed by atoms with E-state index < -0.39 is 0 Å². The molecule has 2 unspecified atom stereocenters. The first-order valence-electron chi connectivity index (χ1n) is 6.43. The summed E-state index contributed by atoms with van der Waals surface area (Å²) < 4.78 is 0. The molecular formula is C13H27NO. The second kappa shape index (κ2) is 5.86. The van der Waals surface area contributed by atoms with Crippen LogP contribution in [0.1, 0.15) is 47.0 Å². The van der Waals surface area contributed by atoms with Crippen LogP contribution in [0.5, 0.6) is 0 Å². The summed E-state index contributed by atoms with van der Waals surface area (Å²) in [6.45, 7) is 9.70. The van der Waals surface area contributed by atoms with Crippen LogP contribution in [0.15, 0.2) is 0 Å². The number of hydrogen-bond donors (Lipinski definition) is 2. The molecule has 0 amide bonds. The van der Waals surface area contributed by atoms with Crippen LogP contribution in [0, 0.1) is 17.8 Å². The molecule has 1 aliphatic carbocycles. The highest BCUT2D eigenvalue weighted by molar-refractivity contribution is 4.84. The Balaban J connectivity index is 2.40. The minimum absolute atomic E-state index is 0.0926. The van der Waals surface area contributed by atoms with Crippen LogP contribution in [0.3, 0.4) is 0 Å². The van der Waals surface area contributed by atoms with E-state index in [1.807, 2.05) is 0 Å². The first kappa shape index (κ1) is 13.0. The molecular weight excluding hydrogens is 186 g/mol. The van der Waals surface area contributed by atoms with Crippen LogP contribution in [0.4, 0.5) is 0 Å². The summed E-state index contributed by atoms with van der Waals surface area (Å²) >= 11 is 0. The zero-order valence-corrected chi connectivity index (χ0v) is 10.7. The van der Waals surface area contributed by atoms with Crippen LogP contribution in [0.25, 0.3) is 0 Å². The van der Waals surface area contributed by atoms with Gasteiger partial charge in [-0.05, 0) is 30.6 Å². The molecule has 1 aliphatic rings. The average molecular weight is 213 g/mol. The molecule has 1 saturated carbocycles. The van der Waals surface area contributed by atoms with E-state index in [0.29, 0.717) is 23.8 Å². The van der Waals surface area contributed by atoms with Crippen LogP contribution >= 0.6 is 0 Å². The topological polar surface area (TPSA) is 32.3 Å². The molecule has 0 aromatic rings. The molecule has 15 heavy (non-hydrogen) atoms. The van der Waals surface area contributed by atoms with Crippen molar-refractivity contribution < 1.29 is 5.11 Å². The van der Waals surface area contributed by atoms with Crippen molar-refractivity contribution >= 4 is 0 Å². The molecule has 2 N–H and O–H groups in total. The summed E-state index contributed by atoms with van der Waals surface area (Å²) in [4.78, 5) is 0. The highest BCUT2D eigenvalue weighted by Crippen LogP contribution is 2.34. The quantitative estimate of drug-likeness (QED) is 0.710. The highest BCUT2D eigenvalue weighted by Gasteiger charge is 2.33. The van der Waals surface area contributed by atoms with E-state index in [-0.39, 0.29) is 6.10 Å². The van der Waals surface area contributed by atoms with Gasteiger partial charge in [0.1, 0.15) is 0 Å². The number of rotatable bonds is 6. The third kappa shape index (κ3) is 3.76. The fraction of sp³-hybridized carbons (Fsp3) is 1.00. The molecule has 2 heteroatoms. The highest BCUT2D eigenvalue weighted by atomic mass is 16.3. The first-order chi connectivity index (χ1) is 7.02. The van der Waals surface area contributed by atoms with Crippen LogP contribution < -0.4 is 5.32 Å². The molecule has 1 rings (SSSR count). The Morgan fingerprint density at radius 1 is 1.20 bits per heavy atom. The summed E-state index contributed by atoms with van der Waals surface area (Å²) in [6.07, 6.45) is 3.67. The fourth-order valence-corrected chi connectivity index (χ4v) is 2.25. The van der Waals surface area contributed by atoms with Gasteiger partial charge in [-0.2, -0.15) is 0 Å². The Morgan fingerprint density at radius 3 is 2.13 bits per heavy atom. The summed E-state index contributed by atoms with van der Waals surface area (Å²) in [5.74, 6) is 1.55. The second-order valence-electron chi connectivity index (χ2n) is 5.65. The maximum atomic E-state index is 10.3. The number of hydrogen-bond acceptors (Lipinski definition) is 2. The van der Waals surface area contributed by atoms with Gasteiger partial charge in [-0.15, -0.1) is 0 Å². The summed E-state index contributed by atoms with van der Waals surface area (Å²) in [7, 11) is 0. The van der Waals surface area contributed by atoms with Crippen molar-refractivity contribution in [3.8, 4) is 0 Å². The number of aliphatic hydroxyl groups excluding tert-OH is 1. The molecule has 0 bridgehead atoms. The molecule has 0 radical (unpaired) electrons. The van der Waals surface area contributed by atoms with E-state index in [1.165, 1.54) is 19.3 Å². The molecule has 2 nitrogen and oxygen atoms in total. The smallest absolute Gasteiger partial charge is 0.0611 e. The minimum Gasteiger partial charge on any atom is -0.392 e. The lowest BCUT2D eigenvalue weighted by Crippen LogP contribution is -2.42. The lowest BCUT2D eigenvalue weighted by Gasteiger charge is -2.37. The van der Waals surface area contributed by atoms with Crippen molar-refractivity contribution in [3.05, 3.63) is 0 Å². The lowest BCUT2D eigenvalue weighted by molar-refractivity contribution is -0.00196. The summed E-state index contributed by atoms with van der Waals surface area (Å²) in [6, 6.07) is 0.514. The Labute approximate surface area is 94.5 Å². The maximum absolute atomic E-state index is 10.3. The van der Waals surface area contributed by atoms with Gasteiger partial charge in [-0.3, -0.25) is 0 Å². The standard InChI is InChI=1S/C13H27NO/c1-9(2)12(8-14-10(3)4)13(15)11-6-5-7-11/h9-15H,5-8H2,1-4H3. The molecule has 90 valence electrons. The van der Waals surface area contributed by atoms with Gasteiger partial charge in [-0.1, -0.05) is 34.1 Å². The molecule has 2 atom stereocenters. The first-order valence-corrected chi connectivity index (χ1v) is 6.43. The third-order valence-electron chi connectivity index (χ3n) is 3.69. The van der Waals surface area contributed by atoms with E-state index in [4.69, 9.17) is 0 Å². The summed E-state index contributed by atoms with van der Waals surface area (Å²) in [5, 5.41) is 13.7. The van der Waals surface area contributed by atoms with Crippen molar-refractivity contribution in [3.63, 3.8) is 0 Å². The zero-order valence-electron chi connectivity index (χ0n) is 10.7. The van der Waals surface area contributed by atoms with Crippen molar-refractivity contribution in [2.75, 3.05) is 6.54 Å². The molecule has 0 aromatic heterocycles. The van der Waals surface area contributed by atoms with Crippen molar-refractivity contribution in [2.24, 2.45) is 17.8 Å². The maximum Gasteiger partial charge on any atom is 0.0611 e. The van der Waals surface area contributed by atoms with Gasteiger partial charge in [0.25, 0.3) is 0 Å². The van der Waals surface area contributed by atoms with Crippen molar-refractivity contribution in [1.82, 2.24) is 5.32 Å². The Hall–Kier alpha value is -0.0800. The number of nitrogens with one attached hydrogen (secondary N) is 1. The minimum atomic E-state index is -0.0926. The van der Waals surface area contributed by atoms with E-state index in [2.05, 4.69) is 33.0 Å². The molecule has 0 spiro atoms. The van der Waals surface area contributed by atoms with E-state index in [9.17, 15) is 5.11 Å². The van der Waals surface area contributed by atoms with Crippen molar-refractivity contribution in [1.29, 1.82) is 0 Å². The Morgan fingerprint density at radius 2 is 1.80 bits per heavy atom. The Kier molecular flexibility index (Phi) is 5.07. The van der Waals surface area contributed by atoms with Crippen molar-refractivity contribution in [2.45, 2.75) is 59.1 Å². The third-order valence-corrected chi connectivity index (χ3v) is 3.69. The monoisotopic (exact) mass is 213 g/mol. The van der Waals surface area contributed by atoms with Gasteiger partial charge >= 0.3 is 0 Å². The van der Waals surface area contributed by atoms with Gasteiger partial charge in [0.2, 0.25) is 0 Å². The van der Waals surface area contributed by atoms with Crippen LogP contribution in [-0.2, 0) is 0 Å². The lowest BCUT2D eigenvalue weighted by atomic mass is 9.73. The molecule has 0 aliphatic heterocycles. The van der Waals surface area contributed by atoms with Gasteiger partial charge < -0.3 is 10.4 Å². The van der Waals surface area contributed by atoms with Gasteiger partial charge in [0, 0.05) is 12.6 Å². The zero-order chi connectivity index (χ0) is 11.4. The SMILES string of the molecule is CC(C)NCC(C(C)C)C(O)C1CCC1.